The van der Waals surface area contributed by atoms with Crippen LogP contribution in [0.4, 0.5) is 5.69 Å². The highest BCUT2D eigenvalue weighted by Gasteiger charge is 2.48. The van der Waals surface area contributed by atoms with Crippen LogP contribution in [-0.4, -0.2) is 23.0 Å². The van der Waals surface area contributed by atoms with E-state index >= 15 is 0 Å². The topological polar surface area (TPSA) is 121 Å². The number of nitro benzene ring substituents is 1. The number of para-hydroxylation sites is 1. The number of primary amides is 1. The number of hydrogen-bond donors (Lipinski definition) is 2. The molecule has 0 aliphatic heterocycles. The highest BCUT2D eigenvalue weighted by Crippen LogP contribution is 2.40. The Hall–Kier alpha value is -1.67. The summed E-state index contributed by atoms with van der Waals surface area (Å²) in [4.78, 5) is 21.9. The summed E-state index contributed by atoms with van der Waals surface area (Å²) in [6, 6.07) is 4.46. The van der Waals surface area contributed by atoms with Crippen molar-refractivity contribution in [3.63, 3.8) is 0 Å². The second-order valence-corrected chi connectivity index (χ2v) is 5.67. The van der Waals surface area contributed by atoms with Gasteiger partial charge in [-0.3, -0.25) is 14.9 Å². The lowest BCUT2D eigenvalue weighted by Gasteiger charge is -2.25. The van der Waals surface area contributed by atoms with Gasteiger partial charge >= 0.3 is 5.69 Å². The fourth-order valence-electron chi connectivity index (χ4n) is 1.96. The molecule has 7 nitrogen and oxygen atoms in total. The van der Waals surface area contributed by atoms with Crippen molar-refractivity contribution in [2.75, 3.05) is 6.61 Å². The lowest BCUT2D eigenvalue weighted by atomic mass is 9.95. The van der Waals surface area contributed by atoms with Gasteiger partial charge in [-0.1, -0.05) is 6.07 Å². The Balaban J connectivity index is 2.22. The molecule has 1 unspecified atom stereocenters. The van der Waals surface area contributed by atoms with Gasteiger partial charge in [0.1, 0.15) is 12.1 Å². The van der Waals surface area contributed by atoms with Crippen LogP contribution in [0.1, 0.15) is 12.8 Å². The zero-order valence-corrected chi connectivity index (χ0v) is 12.1. The summed E-state index contributed by atoms with van der Waals surface area (Å²) in [5, 5.41) is 11.0. The minimum atomic E-state index is -1.29. The van der Waals surface area contributed by atoms with Crippen LogP contribution < -0.4 is 16.2 Å². The molecule has 4 N–H and O–H groups in total. The van der Waals surface area contributed by atoms with Gasteiger partial charge in [0.2, 0.25) is 11.7 Å². The molecule has 1 atom stereocenters. The molecule has 1 aliphatic rings. The molecule has 1 saturated carbocycles. The molecule has 0 bridgehead atoms. The van der Waals surface area contributed by atoms with E-state index in [2.05, 4.69) is 15.9 Å². The quantitative estimate of drug-likeness (QED) is 0.595. The Morgan fingerprint density at radius 3 is 2.70 bits per heavy atom. The molecule has 0 aromatic heterocycles. The summed E-state index contributed by atoms with van der Waals surface area (Å²) in [6.45, 7) is -0.184. The normalized spacial score (nSPS) is 17.3. The molecule has 0 spiro atoms. The van der Waals surface area contributed by atoms with E-state index < -0.39 is 16.4 Å². The number of nitrogens with two attached hydrogens (primary N) is 2. The molecule has 108 valence electrons. The number of ether oxygens (including phenoxy) is 1. The lowest BCUT2D eigenvalue weighted by molar-refractivity contribution is -0.386. The molecule has 8 heteroatoms. The van der Waals surface area contributed by atoms with Crippen LogP contribution in [0.3, 0.4) is 0 Å². The van der Waals surface area contributed by atoms with E-state index in [-0.39, 0.29) is 24.0 Å². The first-order valence-electron chi connectivity index (χ1n) is 6.00. The van der Waals surface area contributed by atoms with Crippen molar-refractivity contribution in [3.8, 4) is 5.75 Å². The Bertz CT molecular complexity index is 562. The second-order valence-electron chi connectivity index (χ2n) is 4.81. The van der Waals surface area contributed by atoms with Crippen molar-refractivity contribution in [2.24, 2.45) is 17.4 Å². The molecular weight excluding hydrogens is 330 g/mol. The summed E-state index contributed by atoms with van der Waals surface area (Å²) in [5.74, 6) is -0.634. The van der Waals surface area contributed by atoms with Gasteiger partial charge < -0.3 is 16.2 Å². The third kappa shape index (κ3) is 2.75. The number of benzene rings is 1. The van der Waals surface area contributed by atoms with Crippen LogP contribution in [0, 0.1) is 16.0 Å². The number of nitrogens with zero attached hydrogens (tertiary/aromatic N) is 1. The number of carbonyl (C=O) groups is 1. The van der Waals surface area contributed by atoms with Crippen LogP contribution in [0.25, 0.3) is 0 Å². The van der Waals surface area contributed by atoms with Crippen molar-refractivity contribution < 1.29 is 14.5 Å². The third-order valence-electron chi connectivity index (χ3n) is 3.36. The van der Waals surface area contributed by atoms with E-state index in [1.807, 2.05) is 0 Å². The molecule has 1 aromatic rings. The zero-order valence-electron chi connectivity index (χ0n) is 10.5. The van der Waals surface area contributed by atoms with Gasteiger partial charge in [0.15, 0.2) is 0 Å². The molecule has 1 aromatic carbocycles. The lowest BCUT2D eigenvalue weighted by Crippen LogP contribution is -2.58. The third-order valence-corrected chi connectivity index (χ3v) is 3.99. The van der Waals surface area contributed by atoms with Gasteiger partial charge in [-0.15, -0.1) is 0 Å². The SMILES string of the molecule is NC(=O)C(N)(COc1c(Br)cccc1[N+](=O)[O-])C1CC1. The van der Waals surface area contributed by atoms with Crippen LogP contribution in [0.15, 0.2) is 22.7 Å². The summed E-state index contributed by atoms with van der Waals surface area (Å²) in [6.07, 6.45) is 1.61. The molecule has 1 fully saturated rings. The smallest absolute Gasteiger partial charge is 0.312 e. The molecular formula is C12H14BrN3O4. The average molecular weight is 344 g/mol. The van der Waals surface area contributed by atoms with Gasteiger partial charge in [-0.05, 0) is 40.8 Å². The minimum absolute atomic E-state index is 0.0263. The van der Waals surface area contributed by atoms with Crippen molar-refractivity contribution in [1.29, 1.82) is 0 Å². The average Bonchev–Trinajstić information content (AvgIpc) is 3.20. The molecule has 1 amide bonds. The van der Waals surface area contributed by atoms with E-state index in [0.29, 0.717) is 4.47 Å². The first-order chi connectivity index (χ1) is 9.36. The number of halogens is 1. The predicted octanol–water partition coefficient (Wildman–Crippen LogP) is 1.33. The summed E-state index contributed by atoms with van der Waals surface area (Å²) < 4.78 is 5.87. The van der Waals surface area contributed by atoms with Crippen molar-refractivity contribution >= 4 is 27.5 Å². The molecule has 0 radical (unpaired) electrons. The molecule has 0 heterocycles. The van der Waals surface area contributed by atoms with Gasteiger partial charge in [0.05, 0.1) is 9.40 Å². The molecule has 0 saturated heterocycles. The van der Waals surface area contributed by atoms with E-state index in [1.165, 1.54) is 12.1 Å². The fraction of sp³-hybridized carbons (Fsp3) is 0.417. The number of rotatable bonds is 6. The van der Waals surface area contributed by atoms with Crippen molar-refractivity contribution in [2.45, 2.75) is 18.4 Å². The maximum Gasteiger partial charge on any atom is 0.312 e. The molecule has 1 aliphatic carbocycles. The zero-order chi connectivity index (χ0) is 14.9. The maximum absolute atomic E-state index is 11.5. The van der Waals surface area contributed by atoms with Crippen LogP contribution in [0.2, 0.25) is 0 Å². The fourth-order valence-corrected chi connectivity index (χ4v) is 2.43. The highest BCUT2D eigenvalue weighted by molar-refractivity contribution is 9.10. The van der Waals surface area contributed by atoms with Crippen molar-refractivity contribution in [3.05, 3.63) is 32.8 Å². The number of amides is 1. The first-order valence-corrected chi connectivity index (χ1v) is 6.80. The summed E-state index contributed by atoms with van der Waals surface area (Å²) in [7, 11) is 0. The number of carbonyl (C=O) groups excluding carboxylic acids is 1. The summed E-state index contributed by atoms with van der Waals surface area (Å²) >= 11 is 3.19. The summed E-state index contributed by atoms with van der Waals surface area (Å²) in [5.41, 5.74) is 9.83. The van der Waals surface area contributed by atoms with Gasteiger partial charge in [-0.25, -0.2) is 0 Å². The number of hydrogen-bond acceptors (Lipinski definition) is 5. The minimum Gasteiger partial charge on any atom is -0.483 e. The van der Waals surface area contributed by atoms with E-state index in [0.717, 1.165) is 12.8 Å². The number of nitro groups is 1. The monoisotopic (exact) mass is 343 g/mol. The van der Waals surface area contributed by atoms with E-state index in [9.17, 15) is 14.9 Å². The highest BCUT2D eigenvalue weighted by atomic mass is 79.9. The Morgan fingerprint density at radius 2 is 2.20 bits per heavy atom. The largest absolute Gasteiger partial charge is 0.483 e. The van der Waals surface area contributed by atoms with Crippen LogP contribution >= 0.6 is 15.9 Å². The van der Waals surface area contributed by atoms with Crippen LogP contribution in [0.5, 0.6) is 5.75 Å². The molecule has 20 heavy (non-hydrogen) atoms. The van der Waals surface area contributed by atoms with E-state index in [1.54, 1.807) is 6.07 Å². The first kappa shape index (κ1) is 14.7. The van der Waals surface area contributed by atoms with E-state index in [4.69, 9.17) is 16.2 Å². The Morgan fingerprint density at radius 1 is 1.55 bits per heavy atom. The van der Waals surface area contributed by atoms with Gasteiger partial charge in [-0.2, -0.15) is 0 Å². The second kappa shape index (κ2) is 5.37. The van der Waals surface area contributed by atoms with Crippen LogP contribution in [-0.2, 0) is 4.79 Å². The van der Waals surface area contributed by atoms with Gasteiger partial charge in [0, 0.05) is 6.07 Å². The standard InChI is InChI=1S/C12H14BrN3O4/c13-8-2-1-3-9(16(18)19)10(8)20-6-12(15,11(14)17)7-4-5-7/h1-3,7H,4-6,15H2,(H2,14,17). The molecule has 2 rings (SSSR count). The van der Waals surface area contributed by atoms with Crippen molar-refractivity contribution in [1.82, 2.24) is 0 Å². The maximum atomic E-state index is 11.5. The predicted molar refractivity (Wildman–Crippen MR) is 75.1 cm³/mol. The Kier molecular flexibility index (Phi) is 3.96. The van der Waals surface area contributed by atoms with Gasteiger partial charge in [0.25, 0.3) is 0 Å². The Labute approximate surface area is 123 Å².